The summed E-state index contributed by atoms with van der Waals surface area (Å²) < 4.78 is 10.5. The Balaban J connectivity index is 1.37. The zero-order chi connectivity index (χ0) is 19.8. The van der Waals surface area contributed by atoms with Crippen molar-refractivity contribution in [1.29, 1.82) is 0 Å². The molecule has 2 aromatic rings. The van der Waals surface area contributed by atoms with Crippen molar-refractivity contribution in [3.05, 3.63) is 59.7 Å². The number of hydrogen-bond donors (Lipinski definition) is 2. The van der Waals surface area contributed by atoms with Crippen LogP contribution in [0.3, 0.4) is 0 Å². The molecule has 0 aromatic heterocycles. The van der Waals surface area contributed by atoms with Crippen LogP contribution in [0.4, 0.5) is 0 Å². The summed E-state index contributed by atoms with van der Waals surface area (Å²) in [5.74, 6) is 1.76. The van der Waals surface area contributed by atoms with E-state index >= 15 is 0 Å². The highest BCUT2D eigenvalue weighted by molar-refractivity contribution is 5.94. The number of nitrogens with one attached hydrogen (secondary N) is 2. The summed E-state index contributed by atoms with van der Waals surface area (Å²) in [6, 6.07) is 16.5. The molecule has 5 heteroatoms. The van der Waals surface area contributed by atoms with Crippen molar-refractivity contribution in [3.63, 3.8) is 0 Å². The van der Waals surface area contributed by atoms with Crippen LogP contribution in [0.2, 0.25) is 0 Å². The van der Waals surface area contributed by atoms with Crippen LogP contribution in [0.5, 0.6) is 11.5 Å². The van der Waals surface area contributed by atoms with Crippen LogP contribution < -0.4 is 20.1 Å². The average Bonchev–Trinajstić information content (AvgIpc) is 2.77. The molecule has 1 aliphatic carbocycles. The predicted molar refractivity (Wildman–Crippen MR) is 111 cm³/mol. The van der Waals surface area contributed by atoms with Gasteiger partial charge in [0.25, 0.3) is 5.91 Å². The molecule has 1 saturated carbocycles. The maximum Gasteiger partial charge on any atom is 0.251 e. The molecule has 0 atom stereocenters. The Hall–Kier alpha value is -2.53. The van der Waals surface area contributed by atoms with E-state index in [1.54, 1.807) is 32.4 Å². The molecule has 5 nitrogen and oxygen atoms in total. The third-order valence-electron chi connectivity index (χ3n) is 5.49. The third-order valence-corrected chi connectivity index (χ3v) is 5.49. The SMILES string of the molecule is COc1ccc(C(=O)NCCNC2CCC(c3ccccc3)CC2)cc1OC. The zero-order valence-electron chi connectivity index (χ0n) is 16.7. The number of rotatable bonds is 8. The van der Waals surface area contributed by atoms with Crippen LogP contribution in [0.1, 0.15) is 47.5 Å². The van der Waals surface area contributed by atoms with Crippen LogP contribution in [0.25, 0.3) is 0 Å². The van der Waals surface area contributed by atoms with Crippen LogP contribution in [-0.4, -0.2) is 39.3 Å². The second kappa shape index (κ2) is 10.1. The monoisotopic (exact) mass is 382 g/mol. The molecule has 0 unspecified atom stereocenters. The van der Waals surface area contributed by atoms with Crippen molar-refractivity contribution in [3.8, 4) is 11.5 Å². The highest BCUT2D eigenvalue weighted by Gasteiger charge is 2.21. The van der Waals surface area contributed by atoms with Gasteiger partial charge in [-0.2, -0.15) is 0 Å². The molecule has 0 bridgehead atoms. The Morgan fingerprint density at radius 1 is 0.929 bits per heavy atom. The first kappa shape index (κ1) is 20.2. The van der Waals surface area contributed by atoms with Crippen molar-refractivity contribution in [2.45, 2.75) is 37.6 Å². The van der Waals surface area contributed by atoms with E-state index < -0.39 is 0 Å². The summed E-state index contributed by atoms with van der Waals surface area (Å²) in [6.07, 6.45) is 4.81. The summed E-state index contributed by atoms with van der Waals surface area (Å²) >= 11 is 0. The molecular formula is C23H30N2O3. The van der Waals surface area contributed by atoms with Crippen molar-refractivity contribution in [1.82, 2.24) is 10.6 Å². The average molecular weight is 383 g/mol. The maximum atomic E-state index is 12.3. The zero-order valence-corrected chi connectivity index (χ0v) is 16.7. The number of benzene rings is 2. The number of amides is 1. The first-order valence-corrected chi connectivity index (χ1v) is 10.00. The number of carbonyl (C=O) groups is 1. The van der Waals surface area contributed by atoms with Gasteiger partial charge in [-0.05, 0) is 55.4 Å². The molecule has 3 rings (SSSR count). The van der Waals surface area contributed by atoms with Gasteiger partial charge in [0.05, 0.1) is 14.2 Å². The van der Waals surface area contributed by atoms with Crippen LogP contribution in [0, 0.1) is 0 Å². The Kier molecular flexibility index (Phi) is 7.31. The molecule has 2 N–H and O–H groups in total. The van der Waals surface area contributed by atoms with Crippen molar-refractivity contribution < 1.29 is 14.3 Å². The Labute approximate surface area is 167 Å². The van der Waals surface area contributed by atoms with Crippen LogP contribution in [-0.2, 0) is 0 Å². The number of ether oxygens (including phenoxy) is 2. The highest BCUT2D eigenvalue weighted by Crippen LogP contribution is 2.32. The molecule has 0 radical (unpaired) electrons. The molecular weight excluding hydrogens is 352 g/mol. The van der Waals surface area contributed by atoms with E-state index in [-0.39, 0.29) is 5.91 Å². The summed E-state index contributed by atoms with van der Waals surface area (Å²) in [4.78, 5) is 12.3. The summed E-state index contributed by atoms with van der Waals surface area (Å²) in [7, 11) is 3.15. The van der Waals surface area contributed by atoms with Gasteiger partial charge in [0.2, 0.25) is 0 Å². The van der Waals surface area contributed by atoms with Crippen LogP contribution >= 0.6 is 0 Å². The van der Waals surface area contributed by atoms with Crippen molar-refractivity contribution in [2.24, 2.45) is 0 Å². The minimum Gasteiger partial charge on any atom is -0.493 e. The topological polar surface area (TPSA) is 59.6 Å². The normalized spacial score (nSPS) is 19.1. The molecule has 28 heavy (non-hydrogen) atoms. The lowest BCUT2D eigenvalue weighted by Crippen LogP contribution is -2.38. The molecule has 0 saturated heterocycles. The van der Waals surface area contributed by atoms with Gasteiger partial charge < -0.3 is 20.1 Å². The fraction of sp³-hybridized carbons (Fsp3) is 0.435. The van der Waals surface area contributed by atoms with Crippen molar-refractivity contribution >= 4 is 5.91 Å². The molecule has 1 fully saturated rings. The third kappa shape index (κ3) is 5.26. The molecule has 0 aliphatic heterocycles. The first-order valence-electron chi connectivity index (χ1n) is 10.00. The molecule has 2 aromatic carbocycles. The van der Waals surface area contributed by atoms with Gasteiger partial charge in [-0.25, -0.2) is 0 Å². The quantitative estimate of drug-likeness (QED) is 0.683. The lowest BCUT2D eigenvalue weighted by Gasteiger charge is -2.29. The maximum absolute atomic E-state index is 12.3. The largest absolute Gasteiger partial charge is 0.493 e. The van der Waals surface area contributed by atoms with Gasteiger partial charge in [0, 0.05) is 24.7 Å². The standard InChI is InChI=1S/C23H30N2O3/c1-27-21-13-10-19(16-22(21)28-2)23(26)25-15-14-24-20-11-8-18(9-12-20)17-6-4-3-5-7-17/h3-7,10,13,16,18,20,24H,8-9,11-12,14-15H2,1-2H3,(H,25,26). The summed E-state index contributed by atoms with van der Waals surface area (Å²) in [5.41, 5.74) is 2.03. The number of carbonyl (C=O) groups excluding carboxylic acids is 1. The van der Waals surface area contributed by atoms with Gasteiger partial charge in [0.1, 0.15) is 0 Å². The Morgan fingerprint density at radius 3 is 2.32 bits per heavy atom. The van der Waals surface area contributed by atoms with Gasteiger partial charge in [0.15, 0.2) is 11.5 Å². The second-order valence-electron chi connectivity index (χ2n) is 7.24. The van der Waals surface area contributed by atoms with E-state index in [2.05, 4.69) is 41.0 Å². The summed E-state index contributed by atoms with van der Waals surface area (Å²) in [6.45, 7) is 1.38. The van der Waals surface area contributed by atoms with E-state index in [9.17, 15) is 4.79 Å². The molecule has 0 spiro atoms. The number of hydrogen-bond acceptors (Lipinski definition) is 4. The molecule has 1 aliphatic rings. The fourth-order valence-electron chi connectivity index (χ4n) is 3.89. The van der Waals surface area contributed by atoms with E-state index in [0.717, 1.165) is 6.54 Å². The van der Waals surface area contributed by atoms with Gasteiger partial charge in [-0.1, -0.05) is 30.3 Å². The first-order chi connectivity index (χ1) is 13.7. The van der Waals surface area contributed by atoms with Crippen LogP contribution in [0.15, 0.2) is 48.5 Å². The second-order valence-corrected chi connectivity index (χ2v) is 7.24. The van der Waals surface area contributed by atoms with E-state index in [1.165, 1.54) is 31.2 Å². The highest BCUT2D eigenvalue weighted by atomic mass is 16.5. The smallest absolute Gasteiger partial charge is 0.251 e. The van der Waals surface area contributed by atoms with E-state index in [1.807, 2.05) is 0 Å². The van der Waals surface area contributed by atoms with E-state index in [0.29, 0.717) is 35.6 Å². The minimum atomic E-state index is -0.101. The molecule has 0 heterocycles. The predicted octanol–water partition coefficient (Wildman–Crippen LogP) is 3.75. The van der Waals surface area contributed by atoms with Gasteiger partial charge in [-0.3, -0.25) is 4.79 Å². The molecule has 150 valence electrons. The lowest BCUT2D eigenvalue weighted by atomic mass is 9.82. The number of methoxy groups -OCH3 is 2. The Morgan fingerprint density at radius 2 is 1.64 bits per heavy atom. The molecule has 1 amide bonds. The lowest BCUT2D eigenvalue weighted by molar-refractivity contribution is 0.0953. The Bertz CT molecular complexity index is 756. The van der Waals surface area contributed by atoms with Crippen molar-refractivity contribution in [2.75, 3.05) is 27.3 Å². The van der Waals surface area contributed by atoms with Gasteiger partial charge in [-0.15, -0.1) is 0 Å². The summed E-state index contributed by atoms with van der Waals surface area (Å²) in [5, 5.41) is 6.55. The minimum absolute atomic E-state index is 0.101. The fourth-order valence-corrected chi connectivity index (χ4v) is 3.89. The van der Waals surface area contributed by atoms with Gasteiger partial charge >= 0.3 is 0 Å². The van der Waals surface area contributed by atoms with E-state index in [4.69, 9.17) is 9.47 Å².